The number of aliphatic hydroxyl groups is 1. The van der Waals surface area contributed by atoms with Crippen LogP contribution in [-0.4, -0.2) is 54.3 Å². The monoisotopic (exact) mass is 701 g/mol. The topological polar surface area (TPSA) is 131 Å². The van der Waals surface area contributed by atoms with Crippen molar-refractivity contribution in [3.05, 3.63) is 24.3 Å². The van der Waals surface area contributed by atoms with Crippen LogP contribution in [0.1, 0.15) is 174 Å². The molecular formula is C38H72NO8P. The van der Waals surface area contributed by atoms with E-state index in [4.69, 9.17) is 13.8 Å². The van der Waals surface area contributed by atoms with E-state index in [2.05, 4.69) is 43.5 Å². The van der Waals surface area contributed by atoms with Crippen molar-refractivity contribution in [1.82, 2.24) is 5.32 Å². The molecule has 2 unspecified atom stereocenters. The first-order valence-corrected chi connectivity index (χ1v) is 20.8. The zero-order valence-electron chi connectivity index (χ0n) is 30.7. The fourth-order valence-electron chi connectivity index (χ4n) is 5.18. The fourth-order valence-corrected chi connectivity index (χ4v) is 5.94. The molecule has 0 radical (unpaired) electrons. The zero-order chi connectivity index (χ0) is 35.4. The number of hydrogen-bond donors (Lipinski definition) is 3. The first kappa shape index (κ1) is 46.5. The molecule has 3 N–H and O–H groups in total. The number of phosphoric ester groups is 1. The molecule has 0 fully saturated rings. The van der Waals surface area contributed by atoms with Crippen molar-refractivity contribution >= 4 is 19.7 Å². The molecule has 48 heavy (non-hydrogen) atoms. The number of esters is 1. The second-order valence-electron chi connectivity index (χ2n) is 12.9. The summed E-state index contributed by atoms with van der Waals surface area (Å²) in [4.78, 5) is 33.7. The van der Waals surface area contributed by atoms with Gasteiger partial charge in [-0.3, -0.25) is 18.6 Å². The van der Waals surface area contributed by atoms with Gasteiger partial charge in [0.15, 0.2) is 0 Å². The van der Waals surface area contributed by atoms with E-state index in [1.165, 1.54) is 77.0 Å². The van der Waals surface area contributed by atoms with Gasteiger partial charge in [0, 0.05) is 19.4 Å². The number of aliphatic hydroxyl groups excluding tert-OH is 1. The predicted molar refractivity (Wildman–Crippen MR) is 197 cm³/mol. The van der Waals surface area contributed by atoms with Crippen LogP contribution in [0, 0.1) is 0 Å². The lowest BCUT2D eigenvalue weighted by Gasteiger charge is -2.15. The van der Waals surface area contributed by atoms with Crippen LogP contribution in [0.3, 0.4) is 0 Å². The van der Waals surface area contributed by atoms with Crippen molar-refractivity contribution < 1.29 is 37.9 Å². The third kappa shape index (κ3) is 35.8. The molecule has 0 aromatic rings. The molecule has 2 atom stereocenters. The van der Waals surface area contributed by atoms with Gasteiger partial charge in [-0.25, -0.2) is 4.57 Å². The number of unbranched alkanes of at least 4 members (excludes halogenated alkanes) is 19. The van der Waals surface area contributed by atoms with Gasteiger partial charge >= 0.3 is 13.8 Å². The van der Waals surface area contributed by atoms with E-state index in [-0.39, 0.29) is 32.1 Å². The Hall–Kier alpha value is -1.51. The fraction of sp³-hybridized carbons (Fsp3) is 0.842. The number of nitrogens with one attached hydrogen (secondary N) is 1. The average Bonchev–Trinajstić information content (AvgIpc) is 3.07. The van der Waals surface area contributed by atoms with E-state index in [1.807, 2.05) is 0 Å². The van der Waals surface area contributed by atoms with E-state index in [1.54, 1.807) is 0 Å². The maximum absolute atomic E-state index is 12.0. The highest BCUT2D eigenvalue weighted by Gasteiger charge is 2.23. The Morgan fingerprint density at radius 1 is 0.646 bits per heavy atom. The van der Waals surface area contributed by atoms with Gasteiger partial charge < -0.3 is 20.1 Å². The predicted octanol–water partition coefficient (Wildman–Crippen LogP) is 10.0. The number of ether oxygens (including phenoxy) is 1. The van der Waals surface area contributed by atoms with E-state index in [9.17, 15) is 24.2 Å². The van der Waals surface area contributed by atoms with Gasteiger partial charge in [0.25, 0.3) is 0 Å². The quantitative estimate of drug-likeness (QED) is 0.0255. The molecule has 10 heteroatoms. The highest BCUT2D eigenvalue weighted by molar-refractivity contribution is 7.47. The number of allylic oxidation sites excluding steroid dienone is 4. The Balaban J connectivity index is 3.62. The molecule has 0 saturated heterocycles. The van der Waals surface area contributed by atoms with Gasteiger partial charge in [-0.05, 0) is 38.5 Å². The lowest BCUT2D eigenvalue weighted by Crippen LogP contribution is -2.27. The Morgan fingerprint density at radius 3 is 1.75 bits per heavy atom. The van der Waals surface area contributed by atoms with E-state index in [0.29, 0.717) is 6.42 Å². The molecule has 0 aliphatic carbocycles. The van der Waals surface area contributed by atoms with Crippen LogP contribution in [0.4, 0.5) is 0 Å². The summed E-state index contributed by atoms with van der Waals surface area (Å²) in [6.45, 7) is 3.47. The van der Waals surface area contributed by atoms with E-state index < -0.39 is 26.5 Å². The number of amides is 1. The summed E-state index contributed by atoms with van der Waals surface area (Å²) in [5, 5.41) is 12.6. The normalized spacial score (nSPS) is 13.7. The van der Waals surface area contributed by atoms with Gasteiger partial charge in [-0.15, -0.1) is 0 Å². The van der Waals surface area contributed by atoms with Gasteiger partial charge in [0.05, 0.1) is 13.2 Å². The maximum atomic E-state index is 12.0. The van der Waals surface area contributed by atoms with Gasteiger partial charge in [-0.1, -0.05) is 147 Å². The van der Waals surface area contributed by atoms with Crippen LogP contribution >= 0.6 is 7.82 Å². The highest BCUT2D eigenvalue weighted by atomic mass is 31.2. The lowest BCUT2D eigenvalue weighted by molar-refractivity contribution is -0.147. The number of rotatable bonds is 36. The molecular weight excluding hydrogens is 629 g/mol. The summed E-state index contributed by atoms with van der Waals surface area (Å²) in [6, 6.07) is 0. The first-order valence-electron chi connectivity index (χ1n) is 19.3. The van der Waals surface area contributed by atoms with Crippen LogP contribution in [0.5, 0.6) is 0 Å². The molecule has 0 bridgehead atoms. The average molecular weight is 702 g/mol. The Morgan fingerprint density at radius 2 is 1.17 bits per heavy atom. The smallest absolute Gasteiger partial charge is 0.463 e. The molecule has 1 amide bonds. The molecule has 0 aliphatic heterocycles. The van der Waals surface area contributed by atoms with Crippen molar-refractivity contribution in [3.63, 3.8) is 0 Å². The molecule has 0 aromatic carbocycles. The molecule has 0 spiro atoms. The van der Waals surface area contributed by atoms with E-state index in [0.717, 1.165) is 70.6 Å². The number of carbonyl (C=O) groups excluding carboxylic acids is 2. The summed E-state index contributed by atoms with van der Waals surface area (Å²) in [5.41, 5.74) is 0. The largest absolute Gasteiger partial charge is 0.472 e. The van der Waals surface area contributed by atoms with Crippen LogP contribution in [0.2, 0.25) is 0 Å². The zero-order valence-corrected chi connectivity index (χ0v) is 31.6. The van der Waals surface area contributed by atoms with E-state index >= 15 is 0 Å². The second-order valence-corrected chi connectivity index (χ2v) is 14.4. The minimum Gasteiger partial charge on any atom is -0.463 e. The summed E-state index contributed by atoms with van der Waals surface area (Å²) in [6.07, 6.45) is 35.3. The Labute approximate surface area is 293 Å². The maximum Gasteiger partial charge on any atom is 0.472 e. The van der Waals surface area contributed by atoms with Crippen LogP contribution < -0.4 is 5.32 Å². The molecule has 0 aromatic heterocycles. The Kier molecular flexibility index (Phi) is 34.2. The molecule has 0 rings (SSSR count). The number of phosphoric acid groups is 1. The molecule has 0 saturated carbocycles. The van der Waals surface area contributed by atoms with Crippen molar-refractivity contribution in [3.8, 4) is 0 Å². The van der Waals surface area contributed by atoms with Crippen molar-refractivity contribution in [2.75, 3.05) is 26.4 Å². The summed E-state index contributed by atoms with van der Waals surface area (Å²) in [7, 11) is -4.41. The first-order chi connectivity index (χ1) is 23.3. The third-order valence-electron chi connectivity index (χ3n) is 8.12. The van der Waals surface area contributed by atoms with Crippen molar-refractivity contribution in [2.24, 2.45) is 0 Å². The van der Waals surface area contributed by atoms with Gasteiger partial charge in [-0.2, -0.15) is 0 Å². The molecule has 9 nitrogen and oxygen atoms in total. The van der Waals surface area contributed by atoms with Crippen molar-refractivity contribution in [2.45, 2.75) is 180 Å². The standard InChI is InChI=1S/C38H72NO8P/c1-3-5-7-9-11-13-15-17-19-20-22-24-26-28-30-37(41)39-32-33-46-48(43,44)47-35-36(40)34-45-38(42)31-29-27-25-23-21-18-16-14-12-10-8-6-4-2/h8,10,14,16,36,40H,3-7,9,11-13,15,17-35H2,1-2H3,(H,39,41)(H,43,44)/b10-8-,16-14-. The lowest BCUT2D eigenvalue weighted by atomic mass is 10.0. The van der Waals surface area contributed by atoms with Crippen LogP contribution in [0.15, 0.2) is 24.3 Å². The van der Waals surface area contributed by atoms with Gasteiger partial charge in [0.2, 0.25) is 5.91 Å². The summed E-state index contributed by atoms with van der Waals surface area (Å²) < 4.78 is 26.7. The second kappa shape index (κ2) is 35.3. The highest BCUT2D eigenvalue weighted by Crippen LogP contribution is 2.42. The number of hydrogen-bond acceptors (Lipinski definition) is 7. The molecule has 0 heterocycles. The molecule has 282 valence electrons. The van der Waals surface area contributed by atoms with Crippen LogP contribution in [-0.2, 0) is 27.9 Å². The molecule has 0 aliphatic rings. The van der Waals surface area contributed by atoms with Crippen LogP contribution in [0.25, 0.3) is 0 Å². The minimum absolute atomic E-state index is 0.0829. The minimum atomic E-state index is -4.41. The number of carbonyl (C=O) groups is 2. The third-order valence-corrected chi connectivity index (χ3v) is 9.10. The SMILES string of the molecule is CCC/C=C\C/C=C\CCCCCCCC(=O)OCC(O)COP(=O)(O)OCCNC(=O)CCCCCCCCCCCCCCCC. The van der Waals surface area contributed by atoms with Gasteiger partial charge in [0.1, 0.15) is 12.7 Å². The summed E-state index contributed by atoms with van der Waals surface area (Å²) >= 11 is 0. The Bertz CT molecular complexity index is 851. The summed E-state index contributed by atoms with van der Waals surface area (Å²) in [5.74, 6) is -0.529. The van der Waals surface area contributed by atoms with Crippen molar-refractivity contribution in [1.29, 1.82) is 0 Å².